The Morgan fingerprint density at radius 1 is 1.03 bits per heavy atom. The van der Waals surface area contributed by atoms with E-state index in [-0.39, 0.29) is 5.41 Å². The van der Waals surface area contributed by atoms with Crippen molar-refractivity contribution < 1.29 is 0 Å². The number of rotatable bonds is 5. The van der Waals surface area contributed by atoms with Crippen molar-refractivity contribution in [3.63, 3.8) is 0 Å². The van der Waals surface area contributed by atoms with Crippen molar-refractivity contribution in [1.29, 1.82) is 0 Å². The predicted octanol–water partition coefficient (Wildman–Crippen LogP) is 8.48. The van der Waals surface area contributed by atoms with E-state index in [4.69, 9.17) is 0 Å². The highest BCUT2D eigenvalue weighted by molar-refractivity contribution is 5.75. The fraction of sp³-hybridized carbons (Fsp3) is 0.290. The van der Waals surface area contributed by atoms with Crippen molar-refractivity contribution in [3.05, 3.63) is 118 Å². The molecule has 2 aromatic rings. The molecule has 2 aliphatic rings. The standard InChI is InChI=1S/C31H34/c1-21(2)30-20-28(31(4,5)6)16-14-27(30)18-24-15-17-29(22(24)3)26-13-12-25(19-26)23-10-8-7-9-11-23/h7-11,13-17,19-20,22H,1,12,18H2,2-6H3. The van der Waals surface area contributed by atoms with Crippen LogP contribution >= 0.6 is 0 Å². The Kier molecular flexibility index (Phi) is 5.75. The second kappa shape index (κ2) is 8.35. The van der Waals surface area contributed by atoms with E-state index >= 15 is 0 Å². The first-order valence-electron chi connectivity index (χ1n) is 11.4. The Morgan fingerprint density at radius 3 is 2.45 bits per heavy atom. The van der Waals surface area contributed by atoms with Crippen LogP contribution in [0.1, 0.15) is 63.3 Å². The van der Waals surface area contributed by atoms with Gasteiger partial charge in [-0.15, -0.1) is 0 Å². The van der Waals surface area contributed by atoms with Gasteiger partial charge in [-0.1, -0.05) is 118 Å². The number of benzene rings is 2. The summed E-state index contributed by atoms with van der Waals surface area (Å²) in [5.74, 6) is 0.442. The van der Waals surface area contributed by atoms with Crippen molar-refractivity contribution in [2.75, 3.05) is 0 Å². The zero-order chi connectivity index (χ0) is 22.2. The highest BCUT2D eigenvalue weighted by Gasteiger charge is 2.24. The van der Waals surface area contributed by atoms with Crippen LogP contribution in [-0.2, 0) is 11.8 Å². The molecule has 0 saturated heterocycles. The van der Waals surface area contributed by atoms with Crippen LogP contribution < -0.4 is 0 Å². The maximum Gasteiger partial charge on any atom is 0.00320 e. The van der Waals surface area contributed by atoms with Crippen molar-refractivity contribution in [1.82, 2.24) is 0 Å². The topological polar surface area (TPSA) is 0 Å². The third kappa shape index (κ3) is 4.44. The van der Waals surface area contributed by atoms with Crippen molar-refractivity contribution in [2.24, 2.45) is 5.92 Å². The molecule has 2 aliphatic carbocycles. The van der Waals surface area contributed by atoms with E-state index in [0.717, 1.165) is 18.4 Å². The third-order valence-electron chi connectivity index (χ3n) is 6.68. The van der Waals surface area contributed by atoms with Crippen molar-refractivity contribution in [3.8, 4) is 0 Å². The summed E-state index contributed by atoms with van der Waals surface area (Å²) in [6, 6.07) is 17.7. The summed E-state index contributed by atoms with van der Waals surface area (Å²) in [4.78, 5) is 0. The summed E-state index contributed by atoms with van der Waals surface area (Å²) in [7, 11) is 0. The molecule has 2 aromatic carbocycles. The fourth-order valence-electron chi connectivity index (χ4n) is 4.64. The lowest BCUT2D eigenvalue weighted by Gasteiger charge is -2.22. The first-order chi connectivity index (χ1) is 14.7. The smallest absolute Gasteiger partial charge is 0.00320 e. The van der Waals surface area contributed by atoms with Gasteiger partial charge in [-0.05, 0) is 64.2 Å². The summed E-state index contributed by atoms with van der Waals surface area (Å²) in [6.45, 7) is 15.6. The molecule has 0 aliphatic heterocycles. The molecule has 0 nitrogen and oxygen atoms in total. The maximum absolute atomic E-state index is 4.27. The molecule has 31 heavy (non-hydrogen) atoms. The Hall–Kier alpha value is -2.86. The zero-order valence-electron chi connectivity index (χ0n) is 19.6. The van der Waals surface area contributed by atoms with Crippen LogP contribution in [0, 0.1) is 5.92 Å². The predicted molar refractivity (Wildman–Crippen MR) is 136 cm³/mol. The van der Waals surface area contributed by atoms with Gasteiger partial charge in [0.25, 0.3) is 0 Å². The van der Waals surface area contributed by atoms with Gasteiger partial charge in [-0.25, -0.2) is 0 Å². The Balaban J connectivity index is 1.52. The van der Waals surface area contributed by atoms with E-state index in [9.17, 15) is 0 Å². The summed E-state index contributed by atoms with van der Waals surface area (Å²) in [5, 5.41) is 0. The average molecular weight is 407 g/mol. The van der Waals surface area contributed by atoms with Gasteiger partial charge in [-0.2, -0.15) is 0 Å². The molecule has 0 fully saturated rings. The summed E-state index contributed by atoms with van der Waals surface area (Å²) < 4.78 is 0. The molecule has 0 heterocycles. The van der Waals surface area contributed by atoms with Gasteiger partial charge >= 0.3 is 0 Å². The second-order valence-electron chi connectivity index (χ2n) is 10.1. The van der Waals surface area contributed by atoms with E-state index in [2.05, 4.69) is 114 Å². The summed E-state index contributed by atoms with van der Waals surface area (Å²) >= 11 is 0. The van der Waals surface area contributed by atoms with Crippen LogP contribution in [0.25, 0.3) is 11.1 Å². The van der Waals surface area contributed by atoms with Crippen LogP contribution in [-0.4, -0.2) is 0 Å². The van der Waals surface area contributed by atoms with Gasteiger partial charge in [0.15, 0.2) is 0 Å². The quantitative estimate of drug-likeness (QED) is 0.467. The molecular weight excluding hydrogens is 372 g/mol. The van der Waals surface area contributed by atoms with E-state index in [1.165, 1.54) is 44.5 Å². The molecule has 158 valence electrons. The molecule has 0 radical (unpaired) electrons. The number of hydrogen-bond donors (Lipinski definition) is 0. The highest BCUT2D eigenvalue weighted by Crippen LogP contribution is 2.39. The molecule has 0 bridgehead atoms. The summed E-state index contributed by atoms with van der Waals surface area (Å²) in [5.41, 5.74) is 12.4. The minimum atomic E-state index is 0.148. The molecule has 0 heteroatoms. The summed E-state index contributed by atoms with van der Waals surface area (Å²) in [6.07, 6.45) is 11.4. The lowest BCUT2D eigenvalue weighted by molar-refractivity contribution is 0.589. The minimum absolute atomic E-state index is 0.148. The van der Waals surface area contributed by atoms with Gasteiger partial charge < -0.3 is 0 Å². The van der Waals surface area contributed by atoms with E-state index in [1.807, 2.05) is 0 Å². The van der Waals surface area contributed by atoms with E-state index < -0.39 is 0 Å². The third-order valence-corrected chi connectivity index (χ3v) is 6.68. The van der Waals surface area contributed by atoms with Crippen LogP contribution in [0.4, 0.5) is 0 Å². The average Bonchev–Trinajstić information content (AvgIpc) is 3.35. The SMILES string of the molecule is C=C(C)c1cc(C(C)(C)C)ccc1CC1=CC=C(C2=CCC(c3ccccc3)=C2)C1C. The van der Waals surface area contributed by atoms with Gasteiger partial charge in [-0.3, -0.25) is 0 Å². The molecule has 0 N–H and O–H groups in total. The Morgan fingerprint density at radius 2 is 1.77 bits per heavy atom. The van der Waals surface area contributed by atoms with Crippen LogP contribution in [0.2, 0.25) is 0 Å². The molecular formula is C31H34. The van der Waals surface area contributed by atoms with E-state index in [0.29, 0.717) is 5.92 Å². The Bertz CT molecular complexity index is 1120. The fourth-order valence-corrected chi connectivity index (χ4v) is 4.64. The lowest BCUT2D eigenvalue weighted by atomic mass is 9.82. The monoisotopic (exact) mass is 406 g/mol. The largest absolute Gasteiger partial charge is 0.0955 e. The minimum Gasteiger partial charge on any atom is -0.0955 e. The number of hydrogen-bond acceptors (Lipinski definition) is 0. The molecule has 1 atom stereocenters. The van der Waals surface area contributed by atoms with Crippen molar-refractivity contribution >= 4 is 11.1 Å². The molecule has 0 saturated carbocycles. The second-order valence-corrected chi connectivity index (χ2v) is 10.1. The highest BCUT2D eigenvalue weighted by atomic mass is 14.3. The first kappa shape index (κ1) is 21.4. The molecule has 1 unspecified atom stereocenters. The van der Waals surface area contributed by atoms with Crippen molar-refractivity contribution in [2.45, 2.75) is 52.9 Å². The Labute approximate surface area is 188 Å². The van der Waals surface area contributed by atoms with Crippen LogP contribution in [0.3, 0.4) is 0 Å². The zero-order valence-corrected chi connectivity index (χ0v) is 19.6. The van der Waals surface area contributed by atoms with Gasteiger partial charge in [0, 0.05) is 5.92 Å². The first-order valence-corrected chi connectivity index (χ1v) is 11.4. The van der Waals surface area contributed by atoms with Crippen LogP contribution in [0.5, 0.6) is 0 Å². The maximum atomic E-state index is 4.27. The molecule has 0 spiro atoms. The normalized spacial score (nSPS) is 18.4. The molecule has 0 aromatic heterocycles. The lowest BCUT2D eigenvalue weighted by Crippen LogP contribution is -2.12. The van der Waals surface area contributed by atoms with E-state index in [1.54, 1.807) is 0 Å². The molecule has 4 rings (SSSR count). The van der Waals surface area contributed by atoms with Crippen LogP contribution in [0.15, 0.2) is 96.1 Å². The van der Waals surface area contributed by atoms with Gasteiger partial charge in [0.05, 0.1) is 0 Å². The van der Waals surface area contributed by atoms with Gasteiger partial charge in [0.1, 0.15) is 0 Å². The molecule has 0 amide bonds. The number of allylic oxidation sites excluding steroid dienone is 9. The van der Waals surface area contributed by atoms with Gasteiger partial charge in [0.2, 0.25) is 0 Å².